The maximum Gasteiger partial charge on any atom is 0.253 e. The molecule has 0 aliphatic heterocycles. The van der Waals surface area contributed by atoms with E-state index in [2.05, 4.69) is 21.2 Å². The Bertz CT molecular complexity index is 588. The summed E-state index contributed by atoms with van der Waals surface area (Å²) in [6.07, 6.45) is 0. The Morgan fingerprint density at radius 3 is 2.65 bits per heavy atom. The van der Waals surface area contributed by atoms with Crippen molar-refractivity contribution in [3.05, 3.63) is 58.6 Å². The van der Waals surface area contributed by atoms with Gasteiger partial charge in [0.2, 0.25) is 0 Å². The zero-order chi connectivity index (χ0) is 14.4. The maximum atomic E-state index is 11.9. The fourth-order valence-corrected chi connectivity index (χ4v) is 2.06. The SMILES string of the molecule is Nc1cc(Br)ccc1C(=O)NCCOc1ccccc1. The lowest BCUT2D eigenvalue weighted by atomic mass is 10.1. The van der Waals surface area contributed by atoms with Crippen molar-refractivity contribution in [3.63, 3.8) is 0 Å². The van der Waals surface area contributed by atoms with Gasteiger partial charge in [-0.25, -0.2) is 0 Å². The monoisotopic (exact) mass is 334 g/mol. The number of anilines is 1. The number of ether oxygens (including phenoxy) is 1. The van der Waals surface area contributed by atoms with Crippen LogP contribution < -0.4 is 15.8 Å². The molecule has 0 aliphatic carbocycles. The zero-order valence-corrected chi connectivity index (χ0v) is 12.4. The summed E-state index contributed by atoms with van der Waals surface area (Å²) >= 11 is 3.30. The number of carbonyl (C=O) groups is 1. The normalized spacial score (nSPS) is 10.1. The molecule has 3 N–H and O–H groups in total. The van der Waals surface area contributed by atoms with E-state index in [0.717, 1.165) is 10.2 Å². The summed E-state index contributed by atoms with van der Waals surface area (Å²) in [6.45, 7) is 0.829. The number of nitrogen functional groups attached to an aromatic ring is 1. The molecule has 0 aliphatic rings. The van der Waals surface area contributed by atoms with Gasteiger partial charge in [-0.15, -0.1) is 0 Å². The van der Waals surface area contributed by atoms with Crippen LogP contribution in [0.5, 0.6) is 5.75 Å². The summed E-state index contributed by atoms with van der Waals surface area (Å²) in [6, 6.07) is 14.6. The Labute approximate surface area is 126 Å². The van der Waals surface area contributed by atoms with Gasteiger partial charge in [0.05, 0.1) is 12.1 Å². The molecule has 0 heterocycles. The highest BCUT2D eigenvalue weighted by molar-refractivity contribution is 9.10. The van der Waals surface area contributed by atoms with Gasteiger partial charge in [-0.3, -0.25) is 4.79 Å². The van der Waals surface area contributed by atoms with E-state index in [0.29, 0.717) is 24.4 Å². The molecular weight excluding hydrogens is 320 g/mol. The van der Waals surface area contributed by atoms with Crippen LogP contribution in [0.3, 0.4) is 0 Å². The molecule has 0 aromatic heterocycles. The minimum absolute atomic E-state index is 0.202. The van der Waals surface area contributed by atoms with Crippen molar-refractivity contribution in [1.82, 2.24) is 5.32 Å². The van der Waals surface area contributed by atoms with E-state index in [4.69, 9.17) is 10.5 Å². The van der Waals surface area contributed by atoms with Gasteiger partial charge in [-0.05, 0) is 30.3 Å². The highest BCUT2D eigenvalue weighted by atomic mass is 79.9. The van der Waals surface area contributed by atoms with E-state index < -0.39 is 0 Å². The molecule has 2 aromatic carbocycles. The summed E-state index contributed by atoms with van der Waals surface area (Å²) in [5, 5.41) is 2.77. The predicted molar refractivity (Wildman–Crippen MR) is 82.8 cm³/mol. The van der Waals surface area contributed by atoms with Crippen LogP contribution in [-0.4, -0.2) is 19.1 Å². The molecule has 0 atom stereocenters. The molecule has 20 heavy (non-hydrogen) atoms. The van der Waals surface area contributed by atoms with Crippen LogP contribution in [0.15, 0.2) is 53.0 Å². The summed E-state index contributed by atoms with van der Waals surface area (Å²) in [7, 11) is 0. The van der Waals surface area contributed by atoms with Crippen LogP contribution in [-0.2, 0) is 0 Å². The number of benzene rings is 2. The Kier molecular flexibility index (Phi) is 5.01. The lowest BCUT2D eigenvalue weighted by Gasteiger charge is -2.09. The highest BCUT2D eigenvalue weighted by Crippen LogP contribution is 2.18. The average molecular weight is 335 g/mol. The summed E-state index contributed by atoms with van der Waals surface area (Å²) in [4.78, 5) is 11.9. The Balaban J connectivity index is 1.80. The van der Waals surface area contributed by atoms with Crippen molar-refractivity contribution in [2.75, 3.05) is 18.9 Å². The molecular formula is C15H15BrN2O2. The van der Waals surface area contributed by atoms with E-state index in [1.807, 2.05) is 30.3 Å². The first-order valence-corrected chi connectivity index (χ1v) is 6.97. The van der Waals surface area contributed by atoms with Crippen molar-refractivity contribution in [2.24, 2.45) is 0 Å². The first-order chi connectivity index (χ1) is 9.66. The Morgan fingerprint density at radius 1 is 1.20 bits per heavy atom. The molecule has 0 saturated heterocycles. The third-order valence-electron chi connectivity index (χ3n) is 2.66. The van der Waals surface area contributed by atoms with Crippen molar-refractivity contribution >= 4 is 27.5 Å². The average Bonchev–Trinajstić information content (AvgIpc) is 2.44. The number of rotatable bonds is 5. The van der Waals surface area contributed by atoms with Crippen LogP contribution in [0.2, 0.25) is 0 Å². The Morgan fingerprint density at radius 2 is 1.95 bits per heavy atom. The van der Waals surface area contributed by atoms with Gasteiger partial charge in [0.1, 0.15) is 12.4 Å². The third kappa shape index (κ3) is 3.99. The molecule has 0 fully saturated rings. The number of halogens is 1. The van der Waals surface area contributed by atoms with E-state index in [1.54, 1.807) is 18.2 Å². The molecule has 0 radical (unpaired) electrons. The third-order valence-corrected chi connectivity index (χ3v) is 3.15. The zero-order valence-electron chi connectivity index (χ0n) is 10.8. The molecule has 4 nitrogen and oxygen atoms in total. The number of hydrogen-bond donors (Lipinski definition) is 2. The molecule has 0 unspecified atom stereocenters. The standard InChI is InChI=1S/C15H15BrN2O2/c16-11-6-7-13(14(17)10-11)15(19)18-8-9-20-12-4-2-1-3-5-12/h1-7,10H,8-9,17H2,(H,18,19). The molecule has 0 saturated carbocycles. The van der Waals surface area contributed by atoms with Crippen LogP contribution in [0.25, 0.3) is 0 Å². The molecule has 104 valence electrons. The van der Waals surface area contributed by atoms with Crippen LogP contribution >= 0.6 is 15.9 Å². The first-order valence-electron chi connectivity index (χ1n) is 6.18. The summed E-state index contributed by atoms with van der Waals surface area (Å²) in [5.74, 6) is 0.580. The predicted octanol–water partition coefficient (Wildman–Crippen LogP) is 2.84. The van der Waals surface area contributed by atoms with Crippen molar-refractivity contribution in [3.8, 4) is 5.75 Å². The van der Waals surface area contributed by atoms with Crippen molar-refractivity contribution in [2.45, 2.75) is 0 Å². The number of nitrogens with two attached hydrogens (primary N) is 1. The molecule has 2 aromatic rings. The Hall–Kier alpha value is -2.01. The number of amides is 1. The molecule has 2 rings (SSSR count). The fraction of sp³-hybridized carbons (Fsp3) is 0.133. The number of carbonyl (C=O) groups excluding carboxylic acids is 1. The van der Waals surface area contributed by atoms with Crippen LogP contribution in [0.1, 0.15) is 10.4 Å². The minimum Gasteiger partial charge on any atom is -0.492 e. The lowest BCUT2D eigenvalue weighted by molar-refractivity contribution is 0.0948. The second-order valence-corrected chi connectivity index (χ2v) is 5.06. The van der Waals surface area contributed by atoms with Crippen LogP contribution in [0.4, 0.5) is 5.69 Å². The molecule has 0 bridgehead atoms. The van der Waals surface area contributed by atoms with Gasteiger partial charge in [0.15, 0.2) is 0 Å². The molecule has 5 heteroatoms. The van der Waals surface area contributed by atoms with E-state index in [-0.39, 0.29) is 5.91 Å². The number of nitrogens with one attached hydrogen (secondary N) is 1. The molecule has 1 amide bonds. The largest absolute Gasteiger partial charge is 0.492 e. The van der Waals surface area contributed by atoms with Gasteiger partial charge < -0.3 is 15.8 Å². The van der Waals surface area contributed by atoms with Gasteiger partial charge in [0.25, 0.3) is 5.91 Å². The topological polar surface area (TPSA) is 64.4 Å². The fourth-order valence-electron chi connectivity index (χ4n) is 1.69. The second-order valence-electron chi connectivity index (χ2n) is 4.15. The minimum atomic E-state index is -0.202. The van der Waals surface area contributed by atoms with Crippen LogP contribution in [0, 0.1) is 0 Å². The lowest BCUT2D eigenvalue weighted by Crippen LogP contribution is -2.28. The van der Waals surface area contributed by atoms with Gasteiger partial charge in [0, 0.05) is 10.2 Å². The maximum absolute atomic E-state index is 11.9. The molecule has 0 spiro atoms. The smallest absolute Gasteiger partial charge is 0.253 e. The van der Waals surface area contributed by atoms with E-state index in [9.17, 15) is 4.79 Å². The van der Waals surface area contributed by atoms with Crippen molar-refractivity contribution < 1.29 is 9.53 Å². The second kappa shape index (κ2) is 6.96. The van der Waals surface area contributed by atoms with E-state index >= 15 is 0 Å². The van der Waals surface area contributed by atoms with Gasteiger partial charge in [-0.1, -0.05) is 34.1 Å². The summed E-state index contributed by atoms with van der Waals surface area (Å²) in [5.41, 5.74) is 6.71. The van der Waals surface area contributed by atoms with E-state index in [1.165, 1.54) is 0 Å². The van der Waals surface area contributed by atoms with Gasteiger partial charge in [-0.2, -0.15) is 0 Å². The highest BCUT2D eigenvalue weighted by Gasteiger charge is 2.09. The first kappa shape index (κ1) is 14.4. The van der Waals surface area contributed by atoms with Gasteiger partial charge >= 0.3 is 0 Å². The number of para-hydroxylation sites is 1. The quantitative estimate of drug-likeness (QED) is 0.652. The van der Waals surface area contributed by atoms with Crippen molar-refractivity contribution in [1.29, 1.82) is 0 Å². The summed E-state index contributed by atoms with van der Waals surface area (Å²) < 4.78 is 6.33. The number of hydrogen-bond acceptors (Lipinski definition) is 3.